The molecule has 1 aromatic heterocycles. The first kappa shape index (κ1) is 26.7. The Balaban J connectivity index is 1.39. The summed E-state index contributed by atoms with van der Waals surface area (Å²) in [5, 5.41) is 19.7. The first-order valence-corrected chi connectivity index (χ1v) is 13.2. The van der Waals surface area contributed by atoms with Crippen molar-refractivity contribution in [2.24, 2.45) is 5.73 Å². The van der Waals surface area contributed by atoms with Gasteiger partial charge in [-0.05, 0) is 60.2 Å². The number of fused-ring (bicyclic) bond motifs is 2. The maximum Gasteiger partial charge on any atom is 0.306 e. The number of rotatable bonds is 11. The molecule has 0 aliphatic carbocycles. The molecular weight excluding hydrogens is 496 g/mol. The summed E-state index contributed by atoms with van der Waals surface area (Å²) in [6.07, 6.45) is 4.62. The number of aromatic nitrogens is 1. The van der Waals surface area contributed by atoms with Crippen molar-refractivity contribution in [1.29, 1.82) is 0 Å². The van der Waals surface area contributed by atoms with Gasteiger partial charge in [0.1, 0.15) is 19.8 Å². The number of hydrogen-bond donors (Lipinski definition) is 3. The summed E-state index contributed by atoms with van der Waals surface area (Å²) in [5.74, 6) is 1.07. The standard InChI is InChI=1S/C31H34N2O6/c32-31(19-34,20-35)21-39-30(36)13-8-23-7-11-27-26(16-23)24(9-6-22-4-2-1-3-5-22)18-33(27)25-10-12-28-29(17-25)38-15-14-37-28/h1-5,7,10-12,16-18,34-35H,6,8-9,13-15,19-21,32H2. The number of benzene rings is 3. The van der Waals surface area contributed by atoms with E-state index in [1.165, 1.54) is 11.1 Å². The van der Waals surface area contributed by atoms with Gasteiger partial charge in [-0.15, -0.1) is 0 Å². The van der Waals surface area contributed by atoms with Gasteiger partial charge in [0.2, 0.25) is 0 Å². The van der Waals surface area contributed by atoms with E-state index in [0.717, 1.165) is 46.5 Å². The highest BCUT2D eigenvalue weighted by molar-refractivity contribution is 5.86. The van der Waals surface area contributed by atoms with Crippen molar-refractivity contribution in [1.82, 2.24) is 4.57 Å². The number of aliphatic hydroxyl groups excluding tert-OH is 2. The number of aryl methyl sites for hydroxylation is 3. The molecule has 8 heteroatoms. The fourth-order valence-electron chi connectivity index (χ4n) is 4.70. The Labute approximate surface area is 227 Å². The molecule has 39 heavy (non-hydrogen) atoms. The molecule has 0 fully saturated rings. The molecule has 8 nitrogen and oxygen atoms in total. The second-order valence-electron chi connectivity index (χ2n) is 10.0. The Morgan fingerprint density at radius 2 is 1.67 bits per heavy atom. The molecule has 1 aliphatic rings. The van der Waals surface area contributed by atoms with Crippen molar-refractivity contribution < 1.29 is 29.2 Å². The Hall–Kier alpha value is -3.85. The zero-order chi connectivity index (χ0) is 27.2. The quantitative estimate of drug-likeness (QED) is 0.255. The maximum absolute atomic E-state index is 12.3. The van der Waals surface area contributed by atoms with E-state index in [-0.39, 0.29) is 13.0 Å². The molecule has 5 rings (SSSR count). The van der Waals surface area contributed by atoms with Gasteiger partial charge in [-0.1, -0.05) is 36.4 Å². The van der Waals surface area contributed by atoms with Crippen molar-refractivity contribution >= 4 is 16.9 Å². The number of carbonyl (C=O) groups is 1. The van der Waals surface area contributed by atoms with Gasteiger partial charge in [0.05, 0.1) is 24.3 Å². The molecule has 204 valence electrons. The third-order valence-electron chi connectivity index (χ3n) is 7.05. The second kappa shape index (κ2) is 11.9. The van der Waals surface area contributed by atoms with Crippen LogP contribution >= 0.6 is 0 Å². The zero-order valence-corrected chi connectivity index (χ0v) is 21.8. The average molecular weight is 531 g/mol. The summed E-state index contributed by atoms with van der Waals surface area (Å²) in [6.45, 7) is -0.100. The summed E-state index contributed by atoms with van der Waals surface area (Å²) >= 11 is 0. The van der Waals surface area contributed by atoms with Gasteiger partial charge in [0, 0.05) is 29.8 Å². The average Bonchev–Trinajstić information content (AvgIpc) is 3.35. The van der Waals surface area contributed by atoms with Crippen LogP contribution in [0.4, 0.5) is 0 Å². The van der Waals surface area contributed by atoms with Crippen LogP contribution in [-0.4, -0.2) is 59.3 Å². The lowest BCUT2D eigenvalue weighted by Gasteiger charge is -2.23. The SMILES string of the molecule is NC(CO)(CO)COC(=O)CCc1ccc2c(c1)c(CCc1ccccc1)cn2-c1ccc2c(c1)OCCO2. The van der Waals surface area contributed by atoms with Crippen LogP contribution in [0.2, 0.25) is 0 Å². The predicted molar refractivity (Wildman–Crippen MR) is 148 cm³/mol. The summed E-state index contributed by atoms with van der Waals surface area (Å²) < 4.78 is 18.9. The molecule has 0 amide bonds. The van der Waals surface area contributed by atoms with E-state index in [1.54, 1.807) is 0 Å². The van der Waals surface area contributed by atoms with Crippen LogP contribution in [0.5, 0.6) is 11.5 Å². The number of carbonyl (C=O) groups excluding carboxylic acids is 1. The van der Waals surface area contributed by atoms with E-state index in [9.17, 15) is 15.0 Å². The van der Waals surface area contributed by atoms with Crippen LogP contribution in [0.25, 0.3) is 16.6 Å². The topological polar surface area (TPSA) is 116 Å². The van der Waals surface area contributed by atoms with Gasteiger partial charge in [-0.2, -0.15) is 0 Å². The number of aliphatic hydroxyl groups is 2. The van der Waals surface area contributed by atoms with Gasteiger partial charge in [-0.3, -0.25) is 4.79 Å². The number of nitrogens with two attached hydrogens (primary N) is 1. The minimum atomic E-state index is -1.33. The molecular formula is C31H34N2O6. The van der Waals surface area contributed by atoms with Gasteiger partial charge in [0.25, 0.3) is 0 Å². The normalized spacial score (nSPS) is 13.0. The van der Waals surface area contributed by atoms with Crippen molar-refractivity contribution in [2.45, 2.75) is 31.2 Å². The summed E-state index contributed by atoms with van der Waals surface area (Å²) in [5.41, 5.74) is 10.0. The molecule has 0 atom stereocenters. The van der Waals surface area contributed by atoms with Gasteiger partial charge in [-0.25, -0.2) is 0 Å². The smallest absolute Gasteiger partial charge is 0.306 e. The van der Waals surface area contributed by atoms with Gasteiger partial charge in [0.15, 0.2) is 11.5 Å². The first-order chi connectivity index (χ1) is 19.0. The van der Waals surface area contributed by atoms with Crippen molar-refractivity contribution in [2.75, 3.05) is 33.0 Å². The van der Waals surface area contributed by atoms with Crippen LogP contribution in [0.3, 0.4) is 0 Å². The number of hydrogen-bond acceptors (Lipinski definition) is 7. The molecule has 3 aromatic carbocycles. The Morgan fingerprint density at radius 3 is 2.44 bits per heavy atom. The molecule has 4 N–H and O–H groups in total. The number of esters is 1. The number of ether oxygens (including phenoxy) is 3. The molecule has 0 spiro atoms. The Bertz CT molecular complexity index is 1430. The highest BCUT2D eigenvalue weighted by Crippen LogP contribution is 2.34. The van der Waals surface area contributed by atoms with Gasteiger partial charge < -0.3 is 34.7 Å². The van der Waals surface area contributed by atoms with E-state index < -0.39 is 24.7 Å². The molecule has 0 radical (unpaired) electrons. The van der Waals surface area contributed by atoms with Crippen molar-refractivity contribution in [3.63, 3.8) is 0 Å². The lowest BCUT2D eigenvalue weighted by Crippen LogP contribution is -2.51. The van der Waals surface area contributed by atoms with Crippen LogP contribution < -0.4 is 15.2 Å². The minimum Gasteiger partial charge on any atom is -0.486 e. The second-order valence-corrected chi connectivity index (χ2v) is 10.0. The highest BCUT2D eigenvalue weighted by atomic mass is 16.6. The molecule has 0 bridgehead atoms. The van der Waals surface area contributed by atoms with Crippen LogP contribution in [0.1, 0.15) is 23.1 Å². The van der Waals surface area contributed by atoms with Crippen molar-refractivity contribution in [3.8, 4) is 17.2 Å². The van der Waals surface area contributed by atoms with E-state index >= 15 is 0 Å². The van der Waals surface area contributed by atoms with E-state index in [4.69, 9.17) is 19.9 Å². The Kier molecular flexibility index (Phi) is 8.16. The third kappa shape index (κ3) is 6.25. The van der Waals surface area contributed by atoms with E-state index in [0.29, 0.717) is 19.6 Å². The monoisotopic (exact) mass is 530 g/mol. The van der Waals surface area contributed by atoms with Crippen molar-refractivity contribution in [3.05, 3.63) is 89.6 Å². The summed E-state index contributed by atoms with van der Waals surface area (Å²) in [4.78, 5) is 12.3. The summed E-state index contributed by atoms with van der Waals surface area (Å²) in [7, 11) is 0. The molecule has 4 aromatic rings. The molecule has 0 unspecified atom stereocenters. The molecule has 1 aliphatic heterocycles. The summed E-state index contributed by atoms with van der Waals surface area (Å²) in [6, 6.07) is 22.7. The fourth-order valence-corrected chi connectivity index (χ4v) is 4.70. The van der Waals surface area contributed by atoms with Crippen LogP contribution in [0, 0.1) is 0 Å². The fraction of sp³-hybridized carbons (Fsp3) is 0.323. The minimum absolute atomic E-state index is 0.167. The lowest BCUT2D eigenvalue weighted by atomic mass is 10.0. The molecule has 0 saturated heterocycles. The maximum atomic E-state index is 12.3. The van der Waals surface area contributed by atoms with E-state index in [1.807, 2.05) is 30.3 Å². The highest BCUT2D eigenvalue weighted by Gasteiger charge is 2.25. The predicted octanol–water partition coefficient (Wildman–Crippen LogP) is 3.34. The van der Waals surface area contributed by atoms with Gasteiger partial charge >= 0.3 is 5.97 Å². The Morgan fingerprint density at radius 1 is 0.897 bits per heavy atom. The van der Waals surface area contributed by atoms with Crippen LogP contribution in [-0.2, 0) is 28.8 Å². The largest absolute Gasteiger partial charge is 0.486 e. The third-order valence-corrected chi connectivity index (χ3v) is 7.05. The van der Waals surface area contributed by atoms with E-state index in [2.05, 4.69) is 47.2 Å². The molecule has 0 saturated carbocycles. The zero-order valence-electron chi connectivity index (χ0n) is 21.8. The number of nitrogens with zero attached hydrogens (tertiary/aromatic N) is 1. The molecule has 2 heterocycles. The van der Waals surface area contributed by atoms with Crippen LogP contribution in [0.15, 0.2) is 72.9 Å². The first-order valence-electron chi connectivity index (χ1n) is 13.2. The lowest BCUT2D eigenvalue weighted by molar-refractivity contribution is -0.146.